The molecule has 0 amide bonds. The van der Waals surface area contributed by atoms with Gasteiger partial charge in [-0.25, -0.2) is 0 Å². The van der Waals surface area contributed by atoms with Gasteiger partial charge < -0.3 is 41.6 Å². The fourth-order valence-corrected chi connectivity index (χ4v) is 19.3. The van der Waals surface area contributed by atoms with E-state index in [1.165, 1.54) is 0 Å². The maximum absolute atomic E-state index is 7.58. The van der Waals surface area contributed by atoms with Gasteiger partial charge in [-0.1, -0.05) is 147 Å². The van der Waals surface area contributed by atoms with E-state index in [-0.39, 0.29) is 57.8 Å². The highest BCUT2D eigenvalue weighted by Gasteiger charge is 2.53. The summed E-state index contributed by atoms with van der Waals surface area (Å²) in [6.45, 7) is 57.2. The van der Waals surface area contributed by atoms with Gasteiger partial charge in [0.15, 0.2) is 51.8 Å². The number of ether oxygens (including phenoxy) is 3. The second-order valence-corrected chi connectivity index (χ2v) is 45.3. The molecule has 424 valence electrons. The Bertz CT molecular complexity index is 1750. The molecule has 2 aliphatic heterocycles. The van der Waals surface area contributed by atoms with Crippen molar-refractivity contribution in [3.63, 3.8) is 0 Å². The lowest BCUT2D eigenvalue weighted by Crippen LogP contribution is -2.55. The lowest BCUT2D eigenvalue weighted by molar-refractivity contribution is -0.171. The SMILES string of the molecule is CC[Si](CC)(CC)O[C@](C)(C[C@@H](C)COC(OC[C@H](C)C[C@@](C)(O[Si](CC)(CC)CC)[C@@H]1ON=C([C@@H](C)CO[Si](C)(C)C(C)(C)C)[C@@H]1C)c1ccc(OC)cc1)[C@@H]1ON=C([C@@H](C)CO[Si](C)(C)C(C)(C)C)[C@@H]1C. The summed E-state index contributed by atoms with van der Waals surface area (Å²) in [5.74, 6) is 1.42. The van der Waals surface area contributed by atoms with Crippen molar-refractivity contribution in [1.29, 1.82) is 0 Å². The highest BCUT2D eigenvalue weighted by atomic mass is 28.4. The summed E-state index contributed by atoms with van der Waals surface area (Å²) in [7, 11) is -6.37. The molecular formula is C58H112N2O9Si4. The molecule has 0 aliphatic carbocycles. The van der Waals surface area contributed by atoms with Crippen molar-refractivity contribution in [3.05, 3.63) is 29.8 Å². The first kappa shape index (κ1) is 65.9. The Hall–Kier alpha value is -1.41. The monoisotopic (exact) mass is 1090 g/mol. The molecule has 2 aliphatic rings. The summed E-state index contributed by atoms with van der Waals surface area (Å²) in [5, 5.41) is 9.94. The van der Waals surface area contributed by atoms with Crippen LogP contribution in [-0.2, 0) is 36.9 Å². The maximum atomic E-state index is 7.58. The molecule has 3 rings (SSSR count). The van der Waals surface area contributed by atoms with Crippen LogP contribution in [0.5, 0.6) is 5.75 Å². The van der Waals surface area contributed by atoms with Crippen LogP contribution in [0.2, 0.25) is 72.5 Å². The molecule has 0 spiro atoms. The molecule has 0 saturated heterocycles. The Kier molecular flexibility index (Phi) is 24.3. The zero-order valence-corrected chi connectivity index (χ0v) is 55.6. The predicted octanol–water partition coefficient (Wildman–Crippen LogP) is 16.4. The smallest absolute Gasteiger partial charge is 0.193 e. The van der Waals surface area contributed by atoms with Gasteiger partial charge in [0.05, 0.1) is 42.9 Å². The third-order valence-corrected chi connectivity index (χ3v) is 36.9. The van der Waals surface area contributed by atoms with E-state index in [4.69, 9.17) is 51.9 Å². The number of benzene rings is 1. The molecular weight excluding hydrogens is 981 g/mol. The van der Waals surface area contributed by atoms with Crippen molar-refractivity contribution in [1.82, 2.24) is 0 Å². The molecule has 0 bridgehead atoms. The van der Waals surface area contributed by atoms with Crippen LogP contribution in [0.25, 0.3) is 0 Å². The molecule has 2 heterocycles. The van der Waals surface area contributed by atoms with Gasteiger partial charge in [-0.2, -0.15) is 0 Å². The number of hydrogen-bond acceptors (Lipinski definition) is 11. The number of hydrogen-bond donors (Lipinski definition) is 0. The first-order valence-electron chi connectivity index (χ1n) is 28.7. The van der Waals surface area contributed by atoms with Crippen molar-refractivity contribution in [2.45, 2.75) is 254 Å². The minimum absolute atomic E-state index is 0.0697. The summed E-state index contributed by atoms with van der Waals surface area (Å²) < 4.78 is 48.0. The first-order chi connectivity index (χ1) is 33.7. The Morgan fingerprint density at radius 1 is 0.534 bits per heavy atom. The zero-order valence-electron chi connectivity index (χ0n) is 51.6. The van der Waals surface area contributed by atoms with Gasteiger partial charge in [0.2, 0.25) is 0 Å². The fraction of sp³-hybridized carbons (Fsp3) is 0.862. The third kappa shape index (κ3) is 16.8. The van der Waals surface area contributed by atoms with Crippen molar-refractivity contribution >= 4 is 44.7 Å². The van der Waals surface area contributed by atoms with Crippen molar-refractivity contribution in [2.75, 3.05) is 33.5 Å². The van der Waals surface area contributed by atoms with E-state index in [0.717, 1.165) is 71.8 Å². The fourth-order valence-electron chi connectivity index (χ4n) is 10.9. The Labute approximate surface area is 452 Å². The summed E-state index contributed by atoms with van der Waals surface area (Å²) in [4.78, 5) is 13.1. The second-order valence-electron chi connectivity index (χ2n) is 26.3. The van der Waals surface area contributed by atoms with Gasteiger partial charge in [-0.15, -0.1) is 0 Å². The molecule has 0 fully saturated rings. The van der Waals surface area contributed by atoms with E-state index < -0.39 is 50.8 Å². The third-order valence-electron chi connectivity index (χ3n) is 18.3. The largest absolute Gasteiger partial charge is 0.497 e. The second kappa shape index (κ2) is 27.0. The summed E-state index contributed by atoms with van der Waals surface area (Å²) in [6, 6.07) is 14.4. The van der Waals surface area contributed by atoms with Gasteiger partial charge >= 0.3 is 0 Å². The van der Waals surface area contributed by atoms with Gasteiger partial charge in [0.25, 0.3) is 0 Å². The van der Waals surface area contributed by atoms with Gasteiger partial charge in [0.1, 0.15) is 5.75 Å². The number of oxime groups is 2. The van der Waals surface area contributed by atoms with E-state index in [2.05, 4.69) is 177 Å². The van der Waals surface area contributed by atoms with Crippen molar-refractivity contribution < 1.29 is 41.6 Å². The van der Waals surface area contributed by atoms with Crippen LogP contribution >= 0.6 is 0 Å². The quantitative estimate of drug-likeness (QED) is 0.0515. The average Bonchev–Trinajstić information content (AvgIpc) is 3.93. The lowest BCUT2D eigenvalue weighted by Gasteiger charge is -2.45. The maximum Gasteiger partial charge on any atom is 0.193 e. The van der Waals surface area contributed by atoms with Gasteiger partial charge in [-0.05, 0) is 123 Å². The summed E-state index contributed by atoms with van der Waals surface area (Å²) in [5.41, 5.74) is 1.89. The van der Waals surface area contributed by atoms with Gasteiger partial charge in [-0.3, -0.25) is 0 Å². The molecule has 73 heavy (non-hydrogen) atoms. The van der Waals surface area contributed by atoms with E-state index in [1.807, 2.05) is 12.1 Å². The van der Waals surface area contributed by atoms with Crippen molar-refractivity contribution in [3.8, 4) is 5.75 Å². The number of rotatable bonds is 32. The van der Waals surface area contributed by atoms with E-state index in [1.54, 1.807) is 7.11 Å². The Balaban J connectivity index is 1.89. The average molecular weight is 1090 g/mol. The van der Waals surface area contributed by atoms with Crippen LogP contribution in [0.4, 0.5) is 0 Å². The van der Waals surface area contributed by atoms with Crippen molar-refractivity contribution in [2.24, 2.45) is 45.8 Å². The predicted molar refractivity (Wildman–Crippen MR) is 316 cm³/mol. The molecule has 0 N–H and O–H groups in total. The van der Waals surface area contributed by atoms with Crippen LogP contribution in [0.1, 0.15) is 163 Å². The molecule has 10 atom stereocenters. The summed E-state index contributed by atoms with van der Waals surface area (Å²) >= 11 is 0. The molecule has 0 unspecified atom stereocenters. The van der Waals surface area contributed by atoms with Crippen LogP contribution in [0.15, 0.2) is 34.6 Å². The molecule has 15 heteroatoms. The van der Waals surface area contributed by atoms with E-state index in [9.17, 15) is 0 Å². The minimum atomic E-state index is -2.10. The molecule has 0 radical (unpaired) electrons. The van der Waals surface area contributed by atoms with Crippen LogP contribution in [0.3, 0.4) is 0 Å². The molecule has 11 nitrogen and oxygen atoms in total. The molecule has 1 aromatic carbocycles. The van der Waals surface area contributed by atoms with E-state index >= 15 is 0 Å². The summed E-state index contributed by atoms with van der Waals surface area (Å²) in [6.07, 6.45) is 0.434. The van der Waals surface area contributed by atoms with E-state index in [0.29, 0.717) is 26.4 Å². The van der Waals surface area contributed by atoms with Gasteiger partial charge in [0, 0.05) is 42.4 Å². The normalized spacial score (nSPS) is 22.7. The first-order valence-corrected chi connectivity index (χ1v) is 39.6. The standard InChI is InChI=1S/C58H112N2O9Si4/c1-26-72(27-2,28-3)68-57(19,52-46(11)50(59-66-52)44(9)40-64-70(22,23)55(13,14)15)36-42(7)38-62-54(48-32-34-49(61-21)35-33-48)63-39-43(8)37-58(20,69-73(29-4,30-5)31-6)53-47(12)51(60-67-53)45(10)41-65-71(24,25)56(16,17)18/h32-35,42-47,52-54H,26-31,36-41H2,1-25H3/t42-,43-,44+,45+,46+,47+,52-,53-,57-,58-/m1/s1. The number of nitrogens with zero attached hydrogens (tertiary/aromatic N) is 2. The zero-order chi connectivity index (χ0) is 55.6. The minimum Gasteiger partial charge on any atom is -0.497 e. The van der Waals surface area contributed by atoms with Crippen LogP contribution < -0.4 is 4.74 Å². The Morgan fingerprint density at radius 3 is 1.15 bits per heavy atom. The lowest BCUT2D eigenvalue weighted by atomic mass is 9.79. The molecule has 1 aromatic rings. The Morgan fingerprint density at radius 2 is 0.863 bits per heavy atom. The highest BCUT2D eigenvalue weighted by molar-refractivity contribution is 6.75. The topological polar surface area (TPSA) is 108 Å². The highest BCUT2D eigenvalue weighted by Crippen LogP contribution is 2.45. The molecule has 0 aromatic heterocycles. The molecule has 0 saturated carbocycles. The number of methoxy groups -OCH3 is 1. The van der Waals surface area contributed by atoms with Crippen LogP contribution in [-0.4, -0.2) is 102 Å². The van der Waals surface area contributed by atoms with Crippen LogP contribution in [0, 0.1) is 35.5 Å².